The molecule has 0 atom stereocenters. The number of rotatable bonds is 10. The third-order valence-corrected chi connectivity index (χ3v) is 5.69. The average molecular weight is 461 g/mol. The van der Waals surface area contributed by atoms with Crippen LogP contribution in [0.15, 0.2) is 90.1 Å². The first-order chi connectivity index (χ1) is 16.2. The number of aromatic nitrogens is 3. The molecule has 1 heterocycles. The van der Waals surface area contributed by atoms with E-state index in [1.54, 1.807) is 7.11 Å². The van der Waals surface area contributed by atoms with Gasteiger partial charge in [-0.15, -0.1) is 10.2 Å². The van der Waals surface area contributed by atoms with Crippen molar-refractivity contribution >= 4 is 17.7 Å². The third-order valence-electron chi connectivity index (χ3n) is 4.76. The molecule has 0 bridgehead atoms. The highest BCUT2D eigenvalue weighted by atomic mass is 32.2. The zero-order valence-electron chi connectivity index (χ0n) is 18.2. The average Bonchev–Trinajstić information content (AvgIpc) is 3.31. The molecule has 4 aromatic rings. The summed E-state index contributed by atoms with van der Waals surface area (Å²) in [5, 5.41) is 12.3. The van der Waals surface area contributed by atoms with Gasteiger partial charge in [-0.1, -0.05) is 60.3 Å². The van der Waals surface area contributed by atoms with Crippen molar-refractivity contribution in [3.05, 3.63) is 84.9 Å². The fraction of sp³-hybridized carbons (Fsp3) is 0.160. The Morgan fingerprint density at radius 2 is 1.58 bits per heavy atom. The number of amides is 1. The van der Waals surface area contributed by atoms with E-state index in [-0.39, 0.29) is 11.7 Å². The molecule has 168 valence electrons. The van der Waals surface area contributed by atoms with Crippen LogP contribution in [0.25, 0.3) is 17.1 Å². The summed E-state index contributed by atoms with van der Waals surface area (Å²) in [4.78, 5) is 12.4. The summed E-state index contributed by atoms with van der Waals surface area (Å²) in [5.74, 6) is 2.36. The normalized spacial score (nSPS) is 10.6. The van der Waals surface area contributed by atoms with E-state index in [9.17, 15) is 4.79 Å². The molecular weight excluding hydrogens is 436 g/mol. The summed E-state index contributed by atoms with van der Waals surface area (Å²) >= 11 is 1.35. The molecule has 3 aromatic carbocycles. The molecule has 4 rings (SSSR count). The number of nitrogens with zero attached hydrogens (tertiary/aromatic N) is 3. The number of nitrogens with one attached hydrogen (secondary N) is 1. The van der Waals surface area contributed by atoms with E-state index < -0.39 is 0 Å². The maximum absolute atomic E-state index is 12.4. The molecule has 0 spiro atoms. The summed E-state index contributed by atoms with van der Waals surface area (Å²) < 4.78 is 12.7. The predicted octanol–water partition coefficient (Wildman–Crippen LogP) is 4.23. The number of benzene rings is 3. The minimum Gasteiger partial charge on any atom is -0.497 e. The van der Waals surface area contributed by atoms with Gasteiger partial charge in [-0.3, -0.25) is 9.36 Å². The van der Waals surface area contributed by atoms with Gasteiger partial charge in [0.05, 0.1) is 19.4 Å². The number of methoxy groups -OCH3 is 1. The summed E-state index contributed by atoms with van der Waals surface area (Å²) in [5.41, 5.74) is 1.90. The highest BCUT2D eigenvalue weighted by Crippen LogP contribution is 2.27. The van der Waals surface area contributed by atoms with Gasteiger partial charge in [-0.25, -0.2) is 0 Å². The molecule has 0 saturated heterocycles. The Morgan fingerprint density at radius 1 is 0.909 bits per heavy atom. The highest BCUT2D eigenvalue weighted by molar-refractivity contribution is 7.99. The fourth-order valence-electron chi connectivity index (χ4n) is 3.16. The number of carbonyl (C=O) groups excluding carboxylic acids is 1. The molecular formula is C25H24N4O3S. The van der Waals surface area contributed by atoms with E-state index in [1.165, 1.54) is 11.8 Å². The molecule has 1 aromatic heterocycles. The number of hydrogen-bond acceptors (Lipinski definition) is 6. The molecule has 0 aliphatic rings. The van der Waals surface area contributed by atoms with E-state index in [4.69, 9.17) is 9.47 Å². The van der Waals surface area contributed by atoms with E-state index in [0.717, 1.165) is 28.6 Å². The lowest BCUT2D eigenvalue weighted by molar-refractivity contribution is -0.118. The van der Waals surface area contributed by atoms with Crippen molar-refractivity contribution in [2.75, 3.05) is 26.0 Å². The van der Waals surface area contributed by atoms with Gasteiger partial charge in [0, 0.05) is 11.3 Å². The van der Waals surface area contributed by atoms with E-state index in [2.05, 4.69) is 15.5 Å². The Kier molecular flexibility index (Phi) is 7.60. The van der Waals surface area contributed by atoms with Crippen molar-refractivity contribution < 1.29 is 14.3 Å². The monoisotopic (exact) mass is 460 g/mol. The topological polar surface area (TPSA) is 78.3 Å². The predicted molar refractivity (Wildman–Crippen MR) is 129 cm³/mol. The molecule has 33 heavy (non-hydrogen) atoms. The maximum Gasteiger partial charge on any atom is 0.230 e. The molecule has 0 saturated carbocycles. The van der Waals surface area contributed by atoms with Crippen LogP contribution in [-0.2, 0) is 4.79 Å². The Labute approximate surface area is 196 Å². The SMILES string of the molecule is COc1ccc(OCCNC(=O)CSc2nnc(-c3ccccc3)n2-c2ccccc2)cc1. The van der Waals surface area contributed by atoms with E-state index >= 15 is 0 Å². The van der Waals surface area contributed by atoms with Crippen molar-refractivity contribution in [1.29, 1.82) is 0 Å². The number of ether oxygens (including phenoxy) is 2. The molecule has 0 unspecified atom stereocenters. The van der Waals surface area contributed by atoms with E-state index in [0.29, 0.717) is 18.3 Å². The van der Waals surface area contributed by atoms with Crippen LogP contribution in [0, 0.1) is 0 Å². The van der Waals surface area contributed by atoms with Crippen LogP contribution in [0.3, 0.4) is 0 Å². The lowest BCUT2D eigenvalue weighted by atomic mass is 10.2. The molecule has 0 aliphatic carbocycles. The minimum absolute atomic E-state index is 0.0952. The number of hydrogen-bond donors (Lipinski definition) is 1. The van der Waals surface area contributed by atoms with Crippen molar-refractivity contribution in [1.82, 2.24) is 20.1 Å². The lowest BCUT2D eigenvalue weighted by Crippen LogP contribution is -2.29. The summed E-state index contributed by atoms with van der Waals surface area (Å²) in [6.07, 6.45) is 0. The van der Waals surface area contributed by atoms with Crippen molar-refractivity contribution in [2.24, 2.45) is 0 Å². The zero-order chi connectivity index (χ0) is 22.9. The van der Waals surface area contributed by atoms with Crippen LogP contribution in [0.1, 0.15) is 0 Å². The largest absolute Gasteiger partial charge is 0.497 e. The second-order valence-corrected chi connectivity index (χ2v) is 7.95. The Hall–Kier alpha value is -3.78. The lowest BCUT2D eigenvalue weighted by Gasteiger charge is -2.11. The first-order valence-electron chi connectivity index (χ1n) is 10.5. The molecule has 0 radical (unpaired) electrons. The van der Waals surface area contributed by atoms with Gasteiger partial charge < -0.3 is 14.8 Å². The Bertz CT molecular complexity index is 1170. The van der Waals surface area contributed by atoms with Gasteiger partial charge in [0.25, 0.3) is 0 Å². The minimum atomic E-state index is -0.0952. The van der Waals surface area contributed by atoms with Gasteiger partial charge in [0.1, 0.15) is 18.1 Å². The van der Waals surface area contributed by atoms with Gasteiger partial charge in [-0.05, 0) is 36.4 Å². The second kappa shape index (κ2) is 11.2. The van der Waals surface area contributed by atoms with Crippen molar-refractivity contribution in [3.63, 3.8) is 0 Å². The van der Waals surface area contributed by atoms with Crippen LogP contribution >= 0.6 is 11.8 Å². The Morgan fingerprint density at radius 3 is 2.27 bits per heavy atom. The van der Waals surface area contributed by atoms with Crippen molar-refractivity contribution in [3.8, 4) is 28.6 Å². The number of para-hydroxylation sites is 1. The van der Waals surface area contributed by atoms with Crippen LogP contribution in [-0.4, -0.2) is 46.7 Å². The van der Waals surface area contributed by atoms with Crippen LogP contribution in [0.4, 0.5) is 0 Å². The second-order valence-electron chi connectivity index (χ2n) is 7.01. The van der Waals surface area contributed by atoms with Crippen LogP contribution < -0.4 is 14.8 Å². The molecule has 0 aliphatic heterocycles. The highest BCUT2D eigenvalue weighted by Gasteiger charge is 2.17. The molecule has 1 amide bonds. The third kappa shape index (κ3) is 5.93. The van der Waals surface area contributed by atoms with E-state index in [1.807, 2.05) is 89.5 Å². The maximum atomic E-state index is 12.4. The van der Waals surface area contributed by atoms with Gasteiger partial charge in [0.15, 0.2) is 11.0 Å². The van der Waals surface area contributed by atoms with Crippen molar-refractivity contribution in [2.45, 2.75) is 5.16 Å². The first-order valence-corrected chi connectivity index (χ1v) is 11.5. The Balaban J connectivity index is 1.35. The summed E-state index contributed by atoms with van der Waals surface area (Å²) in [6.45, 7) is 0.785. The molecule has 7 nitrogen and oxygen atoms in total. The quantitative estimate of drug-likeness (QED) is 0.282. The van der Waals surface area contributed by atoms with Gasteiger partial charge in [-0.2, -0.15) is 0 Å². The first kappa shape index (κ1) is 22.4. The molecule has 0 fully saturated rings. The number of carbonyl (C=O) groups is 1. The molecule has 1 N–H and O–H groups in total. The van der Waals surface area contributed by atoms with Crippen LogP contribution in [0.5, 0.6) is 11.5 Å². The van der Waals surface area contributed by atoms with Gasteiger partial charge >= 0.3 is 0 Å². The fourth-order valence-corrected chi connectivity index (χ4v) is 3.94. The van der Waals surface area contributed by atoms with Crippen LogP contribution in [0.2, 0.25) is 0 Å². The molecule has 8 heteroatoms. The number of thioether (sulfide) groups is 1. The standard InChI is InChI=1S/C25H24N4O3S/c1-31-21-12-14-22(15-13-21)32-17-16-26-23(30)18-33-25-28-27-24(19-8-4-2-5-9-19)29(25)20-10-6-3-7-11-20/h2-15H,16-18H2,1H3,(H,26,30). The summed E-state index contributed by atoms with van der Waals surface area (Å²) in [6, 6.07) is 27.1. The smallest absolute Gasteiger partial charge is 0.230 e. The summed E-state index contributed by atoms with van der Waals surface area (Å²) in [7, 11) is 1.62. The zero-order valence-corrected chi connectivity index (χ0v) is 19.0. The van der Waals surface area contributed by atoms with Gasteiger partial charge in [0.2, 0.25) is 5.91 Å².